The standard InChI is InChI=1S/C14H25N3O/c1-4-18-9-5-8-17-13-6-7-15-10-12(13)16-14(17)11(2)3/h11,15H,4-10H2,1-3H3. The van der Waals surface area contributed by atoms with Crippen LogP contribution in [0.4, 0.5) is 0 Å². The maximum absolute atomic E-state index is 5.43. The Kier molecular flexibility index (Phi) is 4.78. The highest BCUT2D eigenvalue weighted by Gasteiger charge is 2.20. The summed E-state index contributed by atoms with van der Waals surface area (Å²) in [5, 5.41) is 3.40. The number of ether oxygens (including phenoxy) is 1. The van der Waals surface area contributed by atoms with Gasteiger partial charge >= 0.3 is 0 Å². The molecule has 1 aliphatic heterocycles. The van der Waals surface area contributed by atoms with Gasteiger partial charge in [0.05, 0.1) is 5.69 Å². The lowest BCUT2D eigenvalue weighted by Gasteiger charge is -2.17. The van der Waals surface area contributed by atoms with Gasteiger partial charge in [0.15, 0.2) is 0 Å². The fraction of sp³-hybridized carbons (Fsp3) is 0.786. The van der Waals surface area contributed by atoms with Crippen LogP contribution in [0.5, 0.6) is 0 Å². The van der Waals surface area contributed by atoms with Gasteiger partial charge in [-0.3, -0.25) is 0 Å². The van der Waals surface area contributed by atoms with Crippen LogP contribution in [0.2, 0.25) is 0 Å². The number of nitrogens with zero attached hydrogens (tertiary/aromatic N) is 2. The van der Waals surface area contributed by atoms with Crippen molar-refractivity contribution in [1.82, 2.24) is 14.9 Å². The van der Waals surface area contributed by atoms with Crippen LogP contribution < -0.4 is 5.32 Å². The van der Waals surface area contributed by atoms with Crippen LogP contribution in [-0.2, 0) is 24.2 Å². The molecular weight excluding hydrogens is 226 g/mol. The molecule has 2 rings (SSSR count). The smallest absolute Gasteiger partial charge is 0.111 e. The van der Waals surface area contributed by atoms with E-state index in [0.29, 0.717) is 5.92 Å². The van der Waals surface area contributed by atoms with Crippen molar-refractivity contribution in [2.75, 3.05) is 19.8 Å². The lowest BCUT2D eigenvalue weighted by Crippen LogP contribution is -2.25. The van der Waals surface area contributed by atoms with E-state index in [1.165, 1.54) is 17.2 Å². The molecule has 1 aliphatic rings. The molecule has 0 saturated heterocycles. The van der Waals surface area contributed by atoms with Gasteiger partial charge in [0.1, 0.15) is 5.82 Å². The van der Waals surface area contributed by atoms with Gasteiger partial charge in [0.25, 0.3) is 0 Å². The zero-order valence-electron chi connectivity index (χ0n) is 11.8. The highest BCUT2D eigenvalue weighted by atomic mass is 16.5. The second-order valence-electron chi connectivity index (χ2n) is 5.15. The molecule has 0 saturated carbocycles. The zero-order valence-corrected chi connectivity index (χ0v) is 11.8. The third-order valence-electron chi connectivity index (χ3n) is 3.41. The summed E-state index contributed by atoms with van der Waals surface area (Å²) in [5.74, 6) is 1.72. The van der Waals surface area contributed by atoms with E-state index in [2.05, 4.69) is 23.7 Å². The highest BCUT2D eigenvalue weighted by molar-refractivity contribution is 5.21. The minimum atomic E-state index is 0.489. The molecule has 18 heavy (non-hydrogen) atoms. The lowest BCUT2D eigenvalue weighted by molar-refractivity contribution is 0.141. The van der Waals surface area contributed by atoms with E-state index in [-0.39, 0.29) is 0 Å². The molecule has 0 radical (unpaired) electrons. The largest absolute Gasteiger partial charge is 0.382 e. The van der Waals surface area contributed by atoms with Gasteiger partial charge in [-0.15, -0.1) is 0 Å². The molecule has 102 valence electrons. The molecular formula is C14H25N3O. The van der Waals surface area contributed by atoms with Crippen molar-refractivity contribution in [3.8, 4) is 0 Å². The number of fused-ring (bicyclic) bond motifs is 1. The van der Waals surface area contributed by atoms with Gasteiger partial charge < -0.3 is 14.6 Å². The quantitative estimate of drug-likeness (QED) is 0.787. The van der Waals surface area contributed by atoms with Crippen molar-refractivity contribution in [1.29, 1.82) is 0 Å². The van der Waals surface area contributed by atoms with Crippen LogP contribution in [-0.4, -0.2) is 29.3 Å². The molecule has 4 heteroatoms. The first-order valence-electron chi connectivity index (χ1n) is 7.10. The molecule has 2 heterocycles. The number of imidazole rings is 1. The number of hydrogen-bond acceptors (Lipinski definition) is 3. The molecule has 0 fully saturated rings. The molecule has 0 spiro atoms. The molecule has 0 atom stereocenters. The van der Waals surface area contributed by atoms with Gasteiger partial charge in [-0.25, -0.2) is 4.98 Å². The summed E-state index contributed by atoms with van der Waals surface area (Å²) >= 11 is 0. The summed E-state index contributed by atoms with van der Waals surface area (Å²) in [6.45, 7) is 11.2. The molecule has 0 aliphatic carbocycles. The van der Waals surface area contributed by atoms with Crippen LogP contribution in [0.1, 0.15) is 50.3 Å². The van der Waals surface area contributed by atoms with Gasteiger partial charge in [0, 0.05) is 50.9 Å². The molecule has 0 bridgehead atoms. The molecule has 1 aromatic rings. The first-order chi connectivity index (χ1) is 8.74. The Morgan fingerprint density at radius 1 is 1.44 bits per heavy atom. The fourth-order valence-corrected chi connectivity index (χ4v) is 2.55. The van der Waals surface area contributed by atoms with Crippen molar-refractivity contribution in [3.63, 3.8) is 0 Å². The maximum atomic E-state index is 5.43. The van der Waals surface area contributed by atoms with E-state index < -0.39 is 0 Å². The van der Waals surface area contributed by atoms with E-state index in [1.807, 2.05) is 6.92 Å². The predicted molar refractivity (Wildman–Crippen MR) is 72.8 cm³/mol. The second-order valence-corrected chi connectivity index (χ2v) is 5.15. The molecule has 4 nitrogen and oxygen atoms in total. The van der Waals surface area contributed by atoms with Crippen LogP contribution in [0.15, 0.2) is 0 Å². The van der Waals surface area contributed by atoms with Crippen LogP contribution in [0.25, 0.3) is 0 Å². The van der Waals surface area contributed by atoms with Crippen molar-refractivity contribution in [3.05, 3.63) is 17.2 Å². The summed E-state index contributed by atoms with van der Waals surface area (Å²) in [6, 6.07) is 0. The molecule has 0 amide bonds. The summed E-state index contributed by atoms with van der Waals surface area (Å²) in [6.07, 6.45) is 2.17. The Morgan fingerprint density at radius 2 is 2.28 bits per heavy atom. The highest BCUT2D eigenvalue weighted by Crippen LogP contribution is 2.22. The van der Waals surface area contributed by atoms with E-state index in [9.17, 15) is 0 Å². The van der Waals surface area contributed by atoms with Crippen molar-refractivity contribution in [2.24, 2.45) is 0 Å². The molecule has 1 aromatic heterocycles. The van der Waals surface area contributed by atoms with Gasteiger partial charge in [-0.05, 0) is 13.3 Å². The Bertz CT molecular complexity index is 385. The number of nitrogens with one attached hydrogen (secondary N) is 1. The zero-order chi connectivity index (χ0) is 13.0. The van der Waals surface area contributed by atoms with Gasteiger partial charge in [0.2, 0.25) is 0 Å². The topological polar surface area (TPSA) is 39.1 Å². The van der Waals surface area contributed by atoms with Crippen LogP contribution in [0, 0.1) is 0 Å². The van der Waals surface area contributed by atoms with Gasteiger partial charge in [-0.2, -0.15) is 0 Å². The molecule has 0 unspecified atom stereocenters. The Balaban J connectivity index is 2.12. The average molecular weight is 251 g/mol. The monoisotopic (exact) mass is 251 g/mol. The first-order valence-corrected chi connectivity index (χ1v) is 7.10. The van der Waals surface area contributed by atoms with E-state index >= 15 is 0 Å². The predicted octanol–water partition coefficient (Wildman–Crippen LogP) is 2.08. The van der Waals surface area contributed by atoms with Crippen molar-refractivity contribution >= 4 is 0 Å². The Hall–Kier alpha value is -0.870. The van der Waals surface area contributed by atoms with E-state index in [1.54, 1.807) is 0 Å². The van der Waals surface area contributed by atoms with E-state index in [4.69, 9.17) is 9.72 Å². The number of aromatic nitrogens is 2. The third-order valence-corrected chi connectivity index (χ3v) is 3.41. The normalized spacial score (nSPS) is 15.1. The summed E-state index contributed by atoms with van der Waals surface area (Å²) in [7, 11) is 0. The number of hydrogen-bond donors (Lipinski definition) is 1. The first kappa shape index (κ1) is 13.6. The van der Waals surface area contributed by atoms with Crippen molar-refractivity contribution < 1.29 is 4.74 Å². The maximum Gasteiger partial charge on any atom is 0.111 e. The second kappa shape index (κ2) is 6.34. The average Bonchev–Trinajstić information content (AvgIpc) is 2.74. The fourth-order valence-electron chi connectivity index (χ4n) is 2.55. The Labute approximate surface area is 110 Å². The molecule has 1 N–H and O–H groups in total. The SMILES string of the molecule is CCOCCCn1c(C(C)C)nc2c1CCNC2. The Morgan fingerprint density at radius 3 is 3.00 bits per heavy atom. The molecule has 0 aromatic carbocycles. The summed E-state index contributed by atoms with van der Waals surface area (Å²) in [5.41, 5.74) is 2.69. The minimum Gasteiger partial charge on any atom is -0.382 e. The summed E-state index contributed by atoms with van der Waals surface area (Å²) in [4.78, 5) is 4.81. The van der Waals surface area contributed by atoms with Gasteiger partial charge in [-0.1, -0.05) is 13.8 Å². The van der Waals surface area contributed by atoms with Crippen LogP contribution in [0.3, 0.4) is 0 Å². The number of rotatable bonds is 6. The van der Waals surface area contributed by atoms with Crippen LogP contribution >= 0.6 is 0 Å². The van der Waals surface area contributed by atoms with Crippen molar-refractivity contribution in [2.45, 2.75) is 52.6 Å². The van der Waals surface area contributed by atoms with E-state index in [0.717, 1.165) is 45.7 Å². The minimum absolute atomic E-state index is 0.489. The third kappa shape index (κ3) is 2.93. The lowest BCUT2D eigenvalue weighted by atomic mass is 10.1. The summed E-state index contributed by atoms with van der Waals surface area (Å²) < 4.78 is 7.86.